The van der Waals surface area contributed by atoms with Gasteiger partial charge in [-0.3, -0.25) is 20.2 Å². The summed E-state index contributed by atoms with van der Waals surface area (Å²) in [6, 6.07) is 5.35. The Balaban J connectivity index is 0.000000962. The van der Waals surface area contributed by atoms with Gasteiger partial charge in [-0.25, -0.2) is 9.59 Å². The number of hydrogen-bond acceptors (Lipinski definition) is 17. The highest BCUT2D eigenvalue weighted by Gasteiger charge is 2.31. The summed E-state index contributed by atoms with van der Waals surface area (Å²) >= 11 is 7.31. The molecule has 26 heteroatoms. The Labute approximate surface area is 356 Å². The molecule has 3 aromatic rings. The molecule has 1 unspecified atom stereocenters. The zero-order valence-corrected chi connectivity index (χ0v) is 37.3. The summed E-state index contributed by atoms with van der Waals surface area (Å²) in [5.74, 6) is -2.30. The van der Waals surface area contributed by atoms with Crippen LogP contribution in [-0.2, 0) is 40.7 Å². The van der Waals surface area contributed by atoms with Crippen molar-refractivity contribution in [2.75, 3.05) is 68.2 Å². The quantitative estimate of drug-likeness (QED) is 0.0306. The number of halogens is 4. The largest absolute Gasteiger partial charge is 0.778 e. The van der Waals surface area contributed by atoms with E-state index in [2.05, 4.69) is 69.9 Å². The SMILES string of the molecule is CCNc1nc(NC(C)(C)C)nc(SC)n1.CCOC(=O)COC(=O)c1cc(Oc2ccc(C(F)(F)F)cc2Cl)ccc1[N+](=O)[O-].C[S+](C)C.O=C(O)CNCP(=O)([O-])O. The zero-order valence-electron chi connectivity index (χ0n) is 34.0. The number of carbonyl (C=O) groups excluding carboxylic acids is 2. The van der Waals surface area contributed by atoms with Crippen molar-refractivity contribution in [1.82, 2.24) is 20.3 Å². The second-order valence-electron chi connectivity index (χ2n) is 12.8. The first-order valence-corrected chi connectivity index (χ1v) is 22.9. The number of hydrogen-bond donors (Lipinski definition) is 5. The minimum Gasteiger partial charge on any atom is -0.778 e. The molecular formula is C34H48ClF3N7O12PS2. The first-order valence-electron chi connectivity index (χ1n) is 17.0. The highest BCUT2D eigenvalue weighted by atomic mass is 35.5. The molecule has 0 aliphatic carbocycles. The van der Waals surface area contributed by atoms with Crippen LogP contribution >= 0.6 is 31.0 Å². The van der Waals surface area contributed by atoms with E-state index in [0.717, 1.165) is 42.0 Å². The number of ether oxygens (including phenoxy) is 3. The van der Waals surface area contributed by atoms with Gasteiger partial charge in [-0.1, -0.05) is 23.4 Å². The van der Waals surface area contributed by atoms with Crippen LogP contribution < -0.4 is 25.6 Å². The van der Waals surface area contributed by atoms with Gasteiger partial charge in [0.2, 0.25) is 11.9 Å². The monoisotopic (exact) mass is 933 g/mol. The Morgan fingerprint density at radius 1 is 1.02 bits per heavy atom. The van der Waals surface area contributed by atoms with Gasteiger partial charge < -0.3 is 44.3 Å². The second kappa shape index (κ2) is 26.7. The van der Waals surface area contributed by atoms with Crippen molar-refractivity contribution < 1.29 is 66.1 Å². The average molecular weight is 934 g/mol. The maximum atomic E-state index is 12.7. The van der Waals surface area contributed by atoms with E-state index in [9.17, 15) is 47.1 Å². The fraction of sp³-hybridized carbons (Fsp3) is 0.471. The van der Waals surface area contributed by atoms with Crippen molar-refractivity contribution in [2.24, 2.45) is 0 Å². The van der Waals surface area contributed by atoms with E-state index < -0.39 is 72.9 Å². The van der Waals surface area contributed by atoms with Gasteiger partial charge in [-0.2, -0.15) is 28.1 Å². The fourth-order valence-corrected chi connectivity index (χ4v) is 4.54. The number of thioether (sulfide) groups is 1. The maximum Gasteiger partial charge on any atom is 0.416 e. The predicted octanol–water partition coefficient (Wildman–Crippen LogP) is 5.67. The molecule has 0 radical (unpaired) electrons. The smallest absolute Gasteiger partial charge is 0.416 e. The van der Waals surface area contributed by atoms with Gasteiger partial charge in [0.25, 0.3) is 5.69 Å². The van der Waals surface area contributed by atoms with Gasteiger partial charge >= 0.3 is 24.1 Å². The molecule has 336 valence electrons. The first-order chi connectivity index (χ1) is 27.6. The van der Waals surface area contributed by atoms with E-state index in [1.807, 2.05) is 18.5 Å². The van der Waals surface area contributed by atoms with Crippen molar-refractivity contribution in [3.05, 3.63) is 62.7 Å². The van der Waals surface area contributed by atoms with E-state index in [1.54, 1.807) is 0 Å². The van der Waals surface area contributed by atoms with Crippen LogP contribution in [0.3, 0.4) is 0 Å². The maximum absolute atomic E-state index is 12.7. The van der Waals surface area contributed by atoms with Crippen LogP contribution in [0, 0.1) is 10.1 Å². The summed E-state index contributed by atoms with van der Waals surface area (Å²) in [6.45, 7) is 9.37. The molecule has 3 rings (SSSR count). The second-order valence-corrected chi connectivity index (χ2v) is 18.0. The first kappa shape index (κ1) is 55.5. The van der Waals surface area contributed by atoms with Crippen LogP contribution in [0.15, 0.2) is 41.6 Å². The minimum absolute atomic E-state index is 0.0493. The average Bonchev–Trinajstić information content (AvgIpc) is 3.10. The third-order valence-corrected chi connectivity index (χ3v) is 7.17. The summed E-state index contributed by atoms with van der Waals surface area (Å²) in [6.07, 6.45) is 3.22. The third kappa shape index (κ3) is 25.2. The Hall–Kier alpha value is -4.45. The molecule has 0 bridgehead atoms. The number of esters is 2. The van der Waals surface area contributed by atoms with E-state index in [-0.39, 0.29) is 28.7 Å². The molecule has 1 aromatic heterocycles. The van der Waals surface area contributed by atoms with E-state index in [4.69, 9.17) is 31.1 Å². The molecule has 0 saturated heterocycles. The molecule has 0 fully saturated rings. The van der Waals surface area contributed by atoms with Gasteiger partial charge in [0, 0.05) is 24.2 Å². The predicted molar refractivity (Wildman–Crippen MR) is 221 cm³/mol. The number of nitro benzene ring substituents is 1. The van der Waals surface area contributed by atoms with Gasteiger partial charge in [0.1, 0.15) is 24.7 Å². The molecule has 1 heterocycles. The van der Waals surface area contributed by atoms with E-state index in [1.165, 1.54) is 18.7 Å². The number of aliphatic carboxylic acids is 1. The van der Waals surface area contributed by atoms with E-state index >= 15 is 0 Å². The molecular weight excluding hydrogens is 886 g/mol. The number of rotatable bonds is 15. The van der Waals surface area contributed by atoms with Crippen molar-refractivity contribution in [3.8, 4) is 11.5 Å². The highest BCUT2D eigenvalue weighted by Crippen LogP contribution is 2.37. The molecule has 0 aliphatic rings. The lowest BCUT2D eigenvalue weighted by atomic mass is 10.1. The lowest BCUT2D eigenvalue weighted by Gasteiger charge is -2.20. The number of carboxylic acid groups (broad SMARTS) is 1. The molecule has 0 saturated carbocycles. The normalized spacial score (nSPS) is 11.8. The number of aromatic nitrogens is 3. The highest BCUT2D eigenvalue weighted by molar-refractivity contribution is 7.98. The van der Waals surface area contributed by atoms with E-state index in [0.29, 0.717) is 28.9 Å². The number of nitro groups is 1. The number of nitrogens with one attached hydrogen (secondary N) is 3. The lowest BCUT2D eigenvalue weighted by Crippen LogP contribution is -2.27. The molecule has 1 atom stereocenters. The Bertz CT molecular complexity index is 1920. The number of alkyl halides is 3. The summed E-state index contributed by atoms with van der Waals surface area (Å²) in [4.78, 5) is 74.4. The van der Waals surface area contributed by atoms with Crippen molar-refractivity contribution in [1.29, 1.82) is 0 Å². The number of carbonyl (C=O) groups is 3. The summed E-state index contributed by atoms with van der Waals surface area (Å²) in [5, 5.41) is 27.8. The molecule has 60 heavy (non-hydrogen) atoms. The number of anilines is 2. The van der Waals surface area contributed by atoms with Crippen LogP contribution in [0.25, 0.3) is 0 Å². The van der Waals surface area contributed by atoms with Crippen molar-refractivity contribution in [2.45, 2.75) is 51.5 Å². The molecule has 0 aliphatic heterocycles. The summed E-state index contributed by atoms with van der Waals surface area (Å²) < 4.78 is 62.7. The van der Waals surface area contributed by atoms with Crippen LogP contribution in [0.2, 0.25) is 5.02 Å². The molecule has 2 aromatic carbocycles. The molecule has 0 spiro atoms. The Kier molecular flexibility index (Phi) is 24.7. The fourth-order valence-electron chi connectivity index (χ4n) is 3.57. The number of nitrogens with zero attached hydrogens (tertiary/aromatic N) is 4. The Morgan fingerprint density at radius 2 is 1.62 bits per heavy atom. The minimum atomic E-state index is -4.61. The van der Waals surface area contributed by atoms with Crippen molar-refractivity contribution >= 4 is 77.3 Å². The van der Waals surface area contributed by atoms with Crippen LogP contribution in [-0.4, -0.2) is 111 Å². The Morgan fingerprint density at radius 3 is 2.08 bits per heavy atom. The standard InChI is InChI=1S/C18H13ClF3NO7.C10H19N5S.C3H8NO5P.C3H9S/c1-2-28-16(24)9-29-17(25)12-8-11(4-5-14(12)23(26)27)30-15-6-3-10(7-13(15)19)18(20,21)22;1-6-11-7-12-8(15-10(2,3)4)14-9(13-7)16-5;5-3(6)1-4-2-10(7,8)9;1-4(2)3/h3-8H,2,9H2,1H3;6H2,1-5H3,(H2,11,12,13,14,15);4H,1-2H2,(H,5,6)(H2,7,8,9);1-3H3/q;;;+1/p-1. The van der Waals surface area contributed by atoms with Crippen LogP contribution in [0.4, 0.5) is 30.8 Å². The number of carboxylic acids is 1. The zero-order chi connectivity index (χ0) is 46.4. The summed E-state index contributed by atoms with van der Waals surface area (Å²) in [7, 11) is -3.71. The lowest BCUT2D eigenvalue weighted by molar-refractivity contribution is -0.385. The van der Waals surface area contributed by atoms with Crippen LogP contribution in [0.1, 0.15) is 50.5 Å². The topological polar surface area (TPSA) is 277 Å². The number of benzene rings is 2. The van der Waals surface area contributed by atoms with Gasteiger partial charge in [-0.05, 0) is 76.0 Å². The molecule has 5 N–H and O–H groups in total. The molecule has 19 nitrogen and oxygen atoms in total. The third-order valence-electron chi connectivity index (χ3n) is 5.71. The molecule has 0 amide bonds. The van der Waals surface area contributed by atoms with Gasteiger partial charge in [0.15, 0.2) is 11.8 Å². The van der Waals surface area contributed by atoms with Gasteiger partial charge in [-0.15, -0.1) is 0 Å². The summed E-state index contributed by atoms with van der Waals surface area (Å²) in [5.41, 5.74) is -2.22. The van der Waals surface area contributed by atoms with Gasteiger partial charge in [0.05, 0.1) is 53.7 Å². The van der Waals surface area contributed by atoms with Crippen molar-refractivity contribution in [3.63, 3.8) is 0 Å². The van der Waals surface area contributed by atoms with Crippen LogP contribution in [0.5, 0.6) is 11.5 Å².